The molecule has 0 aliphatic carbocycles. The fraction of sp³-hybridized carbons (Fsp3) is 0.458. The minimum atomic E-state index is 0.250. The van der Waals surface area contributed by atoms with Crippen LogP contribution in [0.5, 0.6) is 0 Å². The smallest absolute Gasteiger partial charge is 0.356 e. The number of hydrogen-bond donors (Lipinski definition) is 0. The Kier molecular flexibility index (Phi) is 6.97. The number of rotatable bonds is 2. The summed E-state index contributed by atoms with van der Waals surface area (Å²) in [7, 11) is 0. The Balaban J connectivity index is 0.000000858. The highest BCUT2D eigenvalue weighted by atomic mass is 79.9. The molecule has 164 valence electrons. The SMILES string of the molecule is Cc1nc(N2CCC(C)CC2)c2c(C)c(C)n(-c3c(C)cc(Br)cc3C)c2n1.O=C=O. The van der Waals surface area contributed by atoms with Crippen molar-refractivity contribution in [1.29, 1.82) is 0 Å². The van der Waals surface area contributed by atoms with Crippen LogP contribution in [0.15, 0.2) is 16.6 Å². The average Bonchev–Trinajstić information content (AvgIpc) is 2.93. The minimum absolute atomic E-state index is 0.250. The molecule has 1 aliphatic heterocycles. The molecule has 1 aliphatic rings. The van der Waals surface area contributed by atoms with Gasteiger partial charge in [0.2, 0.25) is 0 Å². The summed E-state index contributed by atoms with van der Waals surface area (Å²) in [6.07, 6.45) is 2.71. The van der Waals surface area contributed by atoms with E-state index in [1.165, 1.54) is 46.3 Å². The van der Waals surface area contributed by atoms with Gasteiger partial charge in [-0.1, -0.05) is 22.9 Å². The number of hydrogen-bond acceptors (Lipinski definition) is 5. The predicted octanol–water partition coefficient (Wildman–Crippen LogP) is 5.38. The van der Waals surface area contributed by atoms with Crippen molar-refractivity contribution in [3.05, 3.63) is 44.8 Å². The van der Waals surface area contributed by atoms with Crippen molar-refractivity contribution < 1.29 is 9.59 Å². The molecule has 0 saturated carbocycles. The summed E-state index contributed by atoms with van der Waals surface area (Å²) in [5.41, 5.74) is 7.29. The van der Waals surface area contributed by atoms with Gasteiger partial charge in [-0.05, 0) is 82.2 Å². The first-order valence-corrected chi connectivity index (χ1v) is 11.4. The van der Waals surface area contributed by atoms with Gasteiger partial charge < -0.3 is 4.90 Å². The van der Waals surface area contributed by atoms with Crippen molar-refractivity contribution in [1.82, 2.24) is 14.5 Å². The number of halogens is 1. The third kappa shape index (κ3) is 4.43. The number of aryl methyl sites for hydroxylation is 4. The van der Waals surface area contributed by atoms with Gasteiger partial charge in [-0.15, -0.1) is 0 Å². The van der Waals surface area contributed by atoms with Crippen LogP contribution in [-0.4, -0.2) is 33.8 Å². The van der Waals surface area contributed by atoms with Crippen LogP contribution in [0.25, 0.3) is 16.7 Å². The lowest BCUT2D eigenvalue weighted by Gasteiger charge is -2.31. The summed E-state index contributed by atoms with van der Waals surface area (Å²) in [6, 6.07) is 4.37. The van der Waals surface area contributed by atoms with E-state index in [1.54, 1.807) is 0 Å². The van der Waals surface area contributed by atoms with Crippen molar-refractivity contribution in [2.24, 2.45) is 5.92 Å². The molecule has 1 saturated heterocycles. The molecule has 3 aromatic rings. The van der Waals surface area contributed by atoms with Gasteiger partial charge in [-0.25, -0.2) is 9.97 Å². The van der Waals surface area contributed by atoms with Crippen LogP contribution in [0.3, 0.4) is 0 Å². The van der Waals surface area contributed by atoms with Crippen LogP contribution in [0.2, 0.25) is 0 Å². The molecule has 0 bridgehead atoms. The van der Waals surface area contributed by atoms with Crippen LogP contribution in [0.1, 0.15) is 48.0 Å². The largest absolute Gasteiger partial charge is 0.373 e. The van der Waals surface area contributed by atoms with Gasteiger partial charge in [-0.3, -0.25) is 4.57 Å². The summed E-state index contributed by atoms with van der Waals surface area (Å²) in [6.45, 7) is 15.3. The van der Waals surface area contributed by atoms with Crippen LogP contribution < -0.4 is 4.90 Å². The van der Waals surface area contributed by atoms with Crippen molar-refractivity contribution in [3.8, 4) is 5.69 Å². The maximum atomic E-state index is 8.12. The zero-order valence-electron chi connectivity index (χ0n) is 19.0. The zero-order valence-corrected chi connectivity index (χ0v) is 20.6. The molecule has 6 nitrogen and oxygen atoms in total. The third-order valence-corrected chi connectivity index (χ3v) is 6.67. The molecule has 0 amide bonds. The summed E-state index contributed by atoms with van der Waals surface area (Å²) in [4.78, 5) is 28.6. The van der Waals surface area contributed by atoms with E-state index in [2.05, 4.69) is 72.1 Å². The highest BCUT2D eigenvalue weighted by molar-refractivity contribution is 9.10. The van der Waals surface area contributed by atoms with Gasteiger partial charge in [0.1, 0.15) is 11.6 Å². The van der Waals surface area contributed by atoms with Gasteiger partial charge in [-0.2, -0.15) is 9.59 Å². The van der Waals surface area contributed by atoms with Gasteiger partial charge in [0.15, 0.2) is 5.65 Å². The van der Waals surface area contributed by atoms with Gasteiger partial charge in [0.25, 0.3) is 0 Å². The van der Waals surface area contributed by atoms with Crippen LogP contribution >= 0.6 is 15.9 Å². The molecule has 0 atom stereocenters. The molecule has 0 radical (unpaired) electrons. The lowest BCUT2D eigenvalue weighted by atomic mass is 9.99. The van der Waals surface area contributed by atoms with Crippen LogP contribution in [0, 0.1) is 40.5 Å². The summed E-state index contributed by atoms with van der Waals surface area (Å²) < 4.78 is 3.46. The normalized spacial score (nSPS) is 14.4. The monoisotopic (exact) mass is 484 g/mol. The maximum absolute atomic E-state index is 8.12. The third-order valence-electron chi connectivity index (χ3n) is 6.21. The molecule has 4 rings (SSSR count). The Labute approximate surface area is 191 Å². The Morgan fingerprint density at radius 1 is 1.00 bits per heavy atom. The second kappa shape index (κ2) is 9.33. The first kappa shape index (κ1) is 23.2. The van der Waals surface area contributed by atoms with E-state index in [1.807, 2.05) is 6.92 Å². The Bertz CT molecular complexity index is 1130. The second-order valence-electron chi connectivity index (χ2n) is 8.48. The fourth-order valence-corrected chi connectivity index (χ4v) is 5.21. The molecule has 0 spiro atoms. The zero-order chi connectivity index (χ0) is 22.9. The fourth-order valence-electron chi connectivity index (χ4n) is 4.53. The van der Waals surface area contributed by atoms with Crippen molar-refractivity contribution in [3.63, 3.8) is 0 Å². The van der Waals surface area contributed by atoms with E-state index in [-0.39, 0.29) is 6.15 Å². The standard InChI is InChI=1S/C23H29BrN4.CO2/c1-13-7-9-27(10-8-13)22-20-16(4)17(5)28(23(20)26-18(6)25-22)21-14(2)11-19(24)12-15(21)3;2-1-3/h11-13H,7-10H2,1-6H3;. The molecule has 0 N–H and O–H groups in total. The minimum Gasteiger partial charge on any atom is -0.356 e. The van der Waals surface area contributed by atoms with Gasteiger partial charge >= 0.3 is 6.15 Å². The quantitative estimate of drug-likeness (QED) is 0.488. The molecule has 1 fully saturated rings. The van der Waals surface area contributed by atoms with E-state index in [4.69, 9.17) is 19.6 Å². The first-order chi connectivity index (χ1) is 14.7. The Hall–Kier alpha value is -2.50. The van der Waals surface area contributed by atoms with Crippen LogP contribution in [0.4, 0.5) is 5.82 Å². The molecule has 31 heavy (non-hydrogen) atoms. The number of benzene rings is 1. The number of carbonyl (C=O) groups excluding carboxylic acids is 2. The van der Waals surface area contributed by atoms with E-state index in [0.29, 0.717) is 0 Å². The Morgan fingerprint density at radius 3 is 2.10 bits per heavy atom. The molecule has 0 unspecified atom stereocenters. The lowest BCUT2D eigenvalue weighted by Crippen LogP contribution is -2.33. The maximum Gasteiger partial charge on any atom is 0.373 e. The van der Waals surface area contributed by atoms with E-state index in [0.717, 1.165) is 40.8 Å². The summed E-state index contributed by atoms with van der Waals surface area (Å²) >= 11 is 3.63. The van der Waals surface area contributed by atoms with Crippen molar-refractivity contribution >= 4 is 38.9 Å². The molecule has 3 heterocycles. The molecule has 7 heteroatoms. The lowest BCUT2D eigenvalue weighted by molar-refractivity contribution is -0.191. The topological polar surface area (TPSA) is 68.1 Å². The van der Waals surface area contributed by atoms with Gasteiger partial charge in [0, 0.05) is 23.3 Å². The van der Waals surface area contributed by atoms with E-state index >= 15 is 0 Å². The number of anilines is 1. The molecule has 1 aromatic carbocycles. The molecular formula is C24H29BrN4O2. The van der Waals surface area contributed by atoms with E-state index < -0.39 is 0 Å². The first-order valence-electron chi connectivity index (χ1n) is 10.6. The number of aromatic nitrogens is 3. The van der Waals surface area contributed by atoms with E-state index in [9.17, 15) is 0 Å². The summed E-state index contributed by atoms with van der Waals surface area (Å²) in [5.74, 6) is 2.75. The van der Waals surface area contributed by atoms with Crippen molar-refractivity contribution in [2.75, 3.05) is 18.0 Å². The average molecular weight is 485 g/mol. The number of fused-ring (bicyclic) bond motifs is 1. The number of nitrogens with zero attached hydrogens (tertiary/aromatic N) is 4. The van der Waals surface area contributed by atoms with Crippen LogP contribution in [-0.2, 0) is 9.59 Å². The number of piperidine rings is 1. The highest BCUT2D eigenvalue weighted by Crippen LogP contribution is 2.37. The highest BCUT2D eigenvalue weighted by Gasteiger charge is 2.25. The Morgan fingerprint density at radius 2 is 1.55 bits per heavy atom. The molecular weight excluding hydrogens is 456 g/mol. The molecule has 2 aromatic heterocycles. The van der Waals surface area contributed by atoms with Crippen molar-refractivity contribution in [2.45, 2.75) is 54.4 Å². The summed E-state index contributed by atoms with van der Waals surface area (Å²) in [5, 5.41) is 1.21. The predicted molar refractivity (Wildman–Crippen MR) is 126 cm³/mol. The van der Waals surface area contributed by atoms with Gasteiger partial charge in [0.05, 0.1) is 11.1 Å². The second-order valence-corrected chi connectivity index (χ2v) is 9.40.